The lowest BCUT2D eigenvalue weighted by atomic mass is 9.77. The number of rotatable bonds is 21. The van der Waals surface area contributed by atoms with Crippen molar-refractivity contribution in [2.45, 2.75) is 161 Å². The van der Waals surface area contributed by atoms with Crippen LogP contribution in [0.15, 0.2) is 0 Å². The molecule has 2 unspecified atom stereocenters. The van der Waals surface area contributed by atoms with Gasteiger partial charge in [0.05, 0.1) is 5.16 Å². The highest BCUT2D eigenvalue weighted by atomic mass is 31.0. The summed E-state index contributed by atoms with van der Waals surface area (Å²) < 4.78 is 39.0. The highest BCUT2D eigenvalue weighted by Gasteiger charge is 2.36. The van der Waals surface area contributed by atoms with Crippen LogP contribution in [-0.4, -0.2) is 12.4 Å². The monoisotopic (exact) mass is 486 g/mol. The zero-order valence-corrected chi connectivity index (χ0v) is 23.4. The Labute approximate surface area is 201 Å². The van der Waals surface area contributed by atoms with Gasteiger partial charge in [-0.05, 0) is 53.7 Å². The molecule has 0 fully saturated rings. The van der Waals surface area contributed by atoms with Crippen molar-refractivity contribution in [3.63, 3.8) is 0 Å². The lowest BCUT2D eigenvalue weighted by Crippen LogP contribution is -2.32. The summed E-state index contributed by atoms with van der Waals surface area (Å²) in [6.07, 6.45) is 29.0. The van der Waals surface area contributed by atoms with Crippen LogP contribution in [0.1, 0.15) is 156 Å². The second-order valence-electron chi connectivity index (χ2n) is 9.87. The van der Waals surface area contributed by atoms with Gasteiger partial charge in [0.1, 0.15) is 0 Å². The van der Waals surface area contributed by atoms with Gasteiger partial charge >= 0.3 is 7.25 Å². The molecule has 0 amide bonds. The molecule has 0 aliphatic carbocycles. The maximum absolute atomic E-state index is 9.75. The Bertz CT molecular complexity index is 363. The molecule has 0 N–H and O–H groups in total. The third-order valence-corrected chi connectivity index (χ3v) is 8.02. The molecule has 0 bridgehead atoms. The molecule has 6 heteroatoms. The number of hydrogen-bond donors (Lipinski definition) is 0. The minimum Gasteiger partial charge on any atom is -0.418 e. The van der Waals surface area contributed by atoms with Crippen LogP contribution in [0.2, 0.25) is 0 Å². The summed E-state index contributed by atoms with van der Waals surface area (Å²) in [5.74, 6) is 0.989. The van der Waals surface area contributed by atoms with Crippen LogP contribution in [0.25, 0.3) is 0 Å². The maximum Gasteiger partial charge on any atom is 0.673 e. The molecule has 0 saturated heterocycles. The van der Waals surface area contributed by atoms with Crippen LogP contribution in [0.3, 0.4) is 0 Å². The number of hydrogen-bond acceptors (Lipinski definition) is 0. The molecule has 0 aromatic heterocycles. The largest absolute Gasteiger partial charge is 0.673 e. The van der Waals surface area contributed by atoms with E-state index in [-0.39, 0.29) is 0 Å². The molecular formula is C26H56BF4P. The summed E-state index contributed by atoms with van der Waals surface area (Å²) in [6, 6.07) is 0. The van der Waals surface area contributed by atoms with Crippen LogP contribution in [0, 0.1) is 5.92 Å². The van der Waals surface area contributed by atoms with Crippen LogP contribution >= 0.6 is 9.24 Å². The highest BCUT2D eigenvalue weighted by Crippen LogP contribution is 2.43. The Morgan fingerprint density at radius 2 is 0.844 bits per heavy atom. The Morgan fingerprint density at radius 1 is 0.531 bits per heavy atom. The minimum atomic E-state index is -6.00. The first-order valence-electron chi connectivity index (χ1n) is 13.9. The van der Waals surface area contributed by atoms with Gasteiger partial charge in [0.25, 0.3) is 0 Å². The van der Waals surface area contributed by atoms with Crippen molar-refractivity contribution < 1.29 is 17.3 Å². The summed E-state index contributed by atoms with van der Waals surface area (Å²) in [4.78, 5) is 0. The zero-order valence-electron chi connectivity index (χ0n) is 22.0. The molecule has 0 radical (unpaired) electrons. The summed E-state index contributed by atoms with van der Waals surface area (Å²) >= 11 is 0. The van der Waals surface area contributed by atoms with Crippen molar-refractivity contribution in [1.82, 2.24) is 0 Å². The number of unbranched alkanes of at least 4 members (excludes halogenated alkanes) is 12. The first-order valence-corrected chi connectivity index (χ1v) is 14.6. The molecule has 0 heterocycles. The summed E-state index contributed by atoms with van der Waals surface area (Å²) in [5.41, 5.74) is 0. The first-order chi connectivity index (χ1) is 15.1. The third-order valence-electron chi connectivity index (χ3n) is 6.73. The average Bonchev–Trinajstić information content (AvgIpc) is 2.73. The van der Waals surface area contributed by atoms with Gasteiger partial charge in [0.15, 0.2) is 0 Å². The SMILES string of the molecule is CCCCCCCCCCCCC(CCCC)C([PH3+])(CCCC)CCCC.F[B-](F)(F)F. The van der Waals surface area contributed by atoms with Gasteiger partial charge in [-0.25, -0.2) is 0 Å². The first kappa shape index (κ1) is 34.4. The molecule has 32 heavy (non-hydrogen) atoms. The summed E-state index contributed by atoms with van der Waals surface area (Å²) in [5, 5.41) is 0.639. The normalized spacial score (nSPS) is 13.1. The number of halogens is 4. The second kappa shape index (κ2) is 23.0. The fraction of sp³-hybridized carbons (Fsp3) is 1.00. The topological polar surface area (TPSA) is 0 Å². The van der Waals surface area contributed by atoms with E-state index in [0.29, 0.717) is 5.16 Å². The van der Waals surface area contributed by atoms with Crippen LogP contribution in [0.5, 0.6) is 0 Å². The lowest BCUT2D eigenvalue weighted by Gasteiger charge is -2.34. The minimum absolute atomic E-state index is 0.639. The predicted octanol–water partition coefficient (Wildman–Crippen LogP) is 11.1. The van der Waals surface area contributed by atoms with E-state index in [1.54, 1.807) is 0 Å². The molecule has 0 saturated carbocycles. The van der Waals surface area contributed by atoms with E-state index >= 15 is 0 Å². The van der Waals surface area contributed by atoms with Gasteiger partial charge in [-0.15, -0.1) is 0 Å². The van der Waals surface area contributed by atoms with Gasteiger partial charge in [-0.3, -0.25) is 0 Å². The standard InChI is InChI=1S/C26H55P.BF4/c1-5-9-13-14-15-16-17-18-19-20-22-25(21-10-6-2)26(27,23-11-7-3)24-12-8-4;2-1(3,4)5/h25H,5-24,27H2,1-4H3;/q;-1/p+1. The van der Waals surface area contributed by atoms with Crippen molar-refractivity contribution in [1.29, 1.82) is 0 Å². The molecule has 0 aliphatic heterocycles. The van der Waals surface area contributed by atoms with E-state index in [9.17, 15) is 17.3 Å². The van der Waals surface area contributed by atoms with Crippen LogP contribution in [-0.2, 0) is 0 Å². The molecule has 0 spiro atoms. The lowest BCUT2D eigenvalue weighted by molar-refractivity contribution is 0.274. The molecule has 196 valence electrons. The summed E-state index contributed by atoms with van der Waals surface area (Å²) in [7, 11) is -3.60. The van der Waals surface area contributed by atoms with E-state index in [1.807, 2.05) is 0 Å². The van der Waals surface area contributed by atoms with E-state index in [0.717, 1.165) is 5.92 Å². The zero-order chi connectivity index (χ0) is 24.7. The van der Waals surface area contributed by atoms with Crippen molar-refractivity contribution >= 4 is 16.5 Å². The van der Waals surface area contributed by atoms with Crippen molar-refractivity contribution in [2.24, 2.45) is 5.92 Å². The molecule has 0 aliphatic rings. The fourth-order valence-electron chi connectivity index (χ4n) is 4.68. The maximum atomic E-state index is 9.75. The Hall–Kier alpha value is 0.215. The van der Waals surface area contributed by atoms with Gasteiger partial charge < -0.3 is 17.3 Å². The van der Waals surface area contributed by atoms with E-state index in [4.69, 9.17) is 0 Å². The Kier molecular flexibility index (Phi) is 24.7. The van der Waals surface area contributed by atoms with Crippen molar-refractivity contribution in [3.8, 4) is 0 Å². The van der Waals surface area contributed by atoms with E-state index in [1.165, 1.54) is 128 Å². The molecule has 0 rings (SSSR count). The Morgan fingerprint density at radius 3 is 1.22 bits per heavy atom. The third kappa shape index (κ3) is 24.8. The smallest absolute Gasteiger partial charge is 0.418 e. The van der Waals surface area contributed by atoms with E-state index in [2.05, 4.69) is 36.9 Å². The van der Waals surface area contributed by atoms with Crippen molar-refractivity contribution in [2.75, 3.05) is 0 Å². The van der Waals surface area contributed by atoms with Gasteiger partial charge in [-0.2, -0.15) is 0 Å². The molecule has 0 aromatic rings. The average molecular weight is 487 g/mol. The predicted molar refractivity (Wildman–Crippen MR) is 143 cm³/mol. The van der Waals surface area contributed by atoms with Crippen LogP contribution in [0.4, 0.5) is 17.3 Å². The van der Waals surface area contributed by atoms with Gasteiger partial charge in [0.2, 0.25) is 0 Å². The highest BCUT2D eigenvalue weighted by molar-refractivity contribution is 7.19. The van der Waals surface area contributed by atoms with Crippen molar-refractivity contribution in [3.05, 3.63) is 0 Å². The molecular weight excluding hydrogens is 430 g/mol. The van der Waals surface area contributed by atoms with Gasteiger partial charge in [-0.1, -0.05) is 118 Å². The van der Waals surface area contributed by atoms with Crippen LogP contribution < -0.4 is 0 Å². The van der Waals surface area contributed by atoms with E-state index < -0.39 is 7.25 Å². The Balaban J connectivity index is 0. The molecule has 0 aromatic carbocycles. The molecule has 2 atom stereocenters. The molecule has 0 nitrogen and oxygen atoms in total. The summed E-state index contributed by atoms with van der Waals surface area (Å²) in [6.45, 7) is 9.42. The fourth-order valence-corrected chi connectivity index (χ4v) is 5.58. The van der Waals surface area contributed by atoms with Gasteiger partial charge in [0, 0.05) is 0 Å². The quantitative estimate of drug-likeness (QED) is 0.0655. The second-order valence-corrected chi connectivity index (χ2v) is 11.3.